The molecule has 0 radical (unpaired) electrons. The van der Waals surface area contributed by atoms with Gasteiger partial charge in [-0.3, -0.25) is 0 Å². The third-order valence-corrected chi connectivity index (χ3v) is 4.68. The lowest BCUT2D eigenvalue weighted by molar-refractivity contribution is 0.464. The highest BCUT2D eigenvalue weighted by molar-refractivity contribution is 7.89. The second-order valence-corrected chi connectivity index (χ2v) is 6.03. The summed E-state index contributed by atoms with van der Waals surface area (Å²) in [6, 6.07) is 3.46. The van der Waals surface area contributed by atoms with Crippen LogP contribution in [0.1, 0.15) is 6.42 Å². The van der Waals surface area contributed by atoms with Crippen molar-refractivity contribution in [3.05, 3.63) is 24.5 Å². The number of rotatable bonds is 5. The third kappa shape index (κ3) is 2.24. The van der Waals surface area contributed by atoms with Crippen LogP contribution in [0.15, 0.2) is 29.4 Å². The van der Waals surface area contributed by atoms with Crippen molar-refractivity contribution in [3.63, 3.8) is 0 Å². The fourth-order valence-electron chi connectivity index (χ4n) is 1.75. The normalized spacial score (nSPS) is 12.4. The Morgan fingerprint density at radius 3 is 3.00 bits per heavy atom. The van der Waals surface area contributed by atoms with Gasteiger partial charge >= 0.3 is 0 Å². The first-order valence-electron chi connectivity index (χ1n) is 5.66. The molecular weight excluding hydrogens is 252 g/mol. The molecule has 2 rings (SSSR count). The molecule has 6 nitrogen and oxygen atoms in total. The monoisotopic (exact) mass is 268 g/mol. The van der Waals surface area contributed by atoms with Crippen LogP contribution in [0.3, 0.4) is 0 Å². The molecule has 0 saturated carbocycles. The molecule has 2 aromatic rings. The van der Waals surface area contributed by atoms with Crippen molar-refractivity contribution in [1.29, 1.82) is 0 Å². The van der Waals surface area contributed by atoms with Crippen molar-refractivity contribution in [2.24, 2.45) is 5.73 Å². The molecule has 0 atom stereocenters. The van der Waals surface area contributed by atoms with Crippen LogP contribution < -0.4 is 5.73 Å². The van der Waals surface area contributed by atoms with E-state index in [1.54, 1.807) is 25.4 Å². The van der Waals surface area contributed by atoms with Crippen LogP contribution in [0.2, 0.25) is 0 Å². The number of sulfonamides is 1. The lowest BCUT2D eigenvalue weighted by Gasteiger charge is -2.15. The molecule has 2 aromatic heterocycles. The maximum Gasteiger partial charge on any atom is 0.245 e. The Kier molecular flexibility index (Phi) is 3.65. The summed E-state index contributed by atoms with van der Waals surface area (Å²) in [6.07, 6.45) is 3.73. The molecule has 0 amide bonds. The van der Waals surface area contributed by atoms with E-state index in [0.29, 0.717) is 30.5 Å². The molecule has 18 heavy (non-hydrogen) atoms. The molecule has 0 unspecified atom stereocenters. The molecule has 0 saturated heterocycles. The first kappa shape index (κ1) is 13.0. The summed E-state index contributed by atoms with van der Waals surface area (Å²) >= 11 is 0. The number of aromatic nitrogens is 2. The van der Waals surface area contributed by atoms with Gasteiger partial charge in [0.05, 0.1) is 0 Å². The van der Waals surface area contributed by atoms with Crippen LogP contribution in [0, 0.1) is 0 Å². The number of pyridine rings is 1. The Labute approximate surface area is 106 Å². The molecule has 2 heterocycles. The molecule has 98 valence electrons. The van der Waals surface area contributed by atoms with Crippen molar-refractivity contribution >= 4 is 21.1 Å². The Morgan fingerprint density at radius 2 is 2.28 bits per heavy atom. The van der Waals surface area contributed by atoms with Gasteiger partial charge in [0.1, 0.15) is 10.5 Å². The topological polar surface area (TPSA) is 92.1 Å². The Balaban J connectivity index is 2.41. The number of nitrogens with two attached hydrogens (primary N) is 1. The minimum Gasteiger partial charge on any atom is -0.345 e. The Hall–Kier alpha value is -1.44. The van der Waals surface area contributed by atoms with E-state index in [2.05, 4.69) is 9.97 Å². The molecule has 0 spiro atoms. The van der Waals surface area contributed by atoms with Crippen LogP contribution in [0.25, 0.3) is 11.0 Å². The van der Waals surface area contributed by atoms with Gasteiger partial charge in [-0.05, 0) is 25.1 Å². The summed E-state index contributed by atoms with van der Waals surface area (Å²) in [5.74, 6) is 0. The lowest BCUT2D eigenvalue weighted by atomic mass is 10.3. The van der Waals surface area contributed by atoms with Crippen LogP contribution in [-0.4, -0.2) is 42.8 Å². The van der Waals surface area contributed by atoms with E-state index in [-0.39, 0.29) is 4.90 Å². The highest BCUT2D eigenvalue weighted by atomic mass is 32.2. The van der Waals surface area contributed by atoms with Crippen LogP contribution >= 0.6 is 0 Å². The van der Waals surface area contributed by atoms with Gasteiger partial charge in [-0.25, -0.2) is 17.7 Å². The average Bonchev–Trinajstić information content (AvgIpc) is 2.80. The van der Waals surface area contributed by atoms with Gasteiger partial charge in [0.15, 0.2) is 0 Å². The Bertz CT molecular complexity index is 635. The molecular formula is C11H16N4O2S. The zero-order chi connectivity index (χ0) is 13.2. The molecule has 0 aliphatic carbocycles. The number of fused-ring (bicyclic) bond motifs is 1. The van der Waals surface area contributed by atoms with Crippen molar-refractivity contribution < 1.29 is 8.42 Å². The highest BCUT2D eigenvalue weighted by Crippen LogP contribution is 2.23. The number of nitrogens with one attached hydrogen (secondary N) is 1. The molecule has 0 bridgehead atoms. The largest absolute Gasteiger partial charge is 0.345 e. The van der Waals surface area contributed by atoms with E-state index in [1.165, 1.54) is 10.5 Å². The number of aromatic amines is 1. The zero-order valence-electron chi connectivity index (χ0n) is 10.1. The van der Waals surface area contributed by atoms with Gasteiger partial charge < -0.3 is 10.7 Å². The summed E-state index contributed by atoms with van der Waals surface area (Å²) in [5.41, 5.74) is 5.96. The van der Waals surface area contributed by atoms with Crippen molar-refractivity contribution in [3.8, 4) is 0 Å². The van der Waals surface area contributed by atoms with Crippen molar-refractivity contribution in [2.45, 2.75) is 11.3 Å². The SMILES string of the molecule is CN(CCCN)S(=O)(=O)c1c[nH]c2ncccc12. The smallest absolute Gasteiger partial charge is 0.245 e. The third-order valence-electron chi connectivity index (χ3n) is 2.78. The van der Waals surface area contributed by atoms with Gasteiger partial charge in [-0.2, -0.15) is 0 Å². The summed E-state index contributed by atoms with van der Waals surface area (Å²) in [4.78, 5) is 7.20. The number of hydrogen-bond donors (Lipinski definition) is 2. The summed E-state index contributed by atoms with van der Waals surface area (Å²) in [6.45, 7) is 0.876. The first-order chi connectivity index (χ1) is 8.57. The van der Waals surface area contributed by atoms with Gasteiger partial charge in [0, 0.05) is 31.4 Å². The van der Waals surface area contributed by atoms with Gasteiger partial charge in [-0.15, -0.1) is 0 Å². The summed E-state index contributed by atoms with van der Waals surface area (Å²) in [5, 5.41) is 0.608. The van der Waals surface area contributed by atoms with Crippen molar-refractivity contribution in [2.75, 3.05) is 20.1 Å². The second kappa shape index (κ2) is 5.05. The summed E-state index contributed by atoms with van der Waals surface area (Å²) < 4.78 is 26.0. The number of H-pyrrole nitrogens is 1. The van der Waals surface area contributed by atoms with E-state index in [0.717, 1.165) is 0 Å². The molecule has 0 fully saturated rings. The van der Waals surface area contributed by atoms with Crippen LogP contribution in [0.4, 0.5) is 0 Å². The van der Waals surface area contributed by atoms with E-state index in [4.69, 9.17) is 5.73 Å². The maximum atomic E-state index is 12.4. The predicted molar refractivity (Wildman–Crippen MR) is 69.6 cm³/mol. The molecule has 0 aromatic carbocycles. The molecule has 0 aliphatic heterocycles. The lowest BCUT2D eigenvalue weighted by Crippen LogP contribution is -2.29. The minimum atomic E-state index is -3.49. The van der Waals surface area contributed by atoms with Gasteiger partial charge in [0.25, 0.3) is 0 Å². The van der Waals surface area contributed by atoms with Crippen molar-refractivity contribution in [1.82, 2.24) is 14.3 Å². The second-order valence-electron chi connectivity index (χ2n) is 4.02. The molecule has 3 N–H and O–H groups in total. The summed E-state index contributed by atoms with van der Waals surface area (Å²) in [7, 11) is -1.93. The molecule has 7 heteroatoms. The quantitative estimate of drug-likeness (QED) is 0.827. The highest BCUT2D eigenvalue weighted by Gasteiger charge is 2.23. The maximum absolute atomic E-state index is 12.4. The van der Waals surface area contributed by atoms with Gasteiger partial charge in [-0.1, -0.05) is 0 Å². The van der Waals surface area contributed by atoms with Crippen LogP contribution in [-0.2, 0) is 10.0 Å². The number of hydrogen-bond acceptors (Lipinski definition) is 4. The zero-order valence-corrected chi connectivity index (χ0v) is 10.9. The minimum absolute atomic E-state index is 0.255. The fraction of sp³-hybridized carbons (Fsp3) is 0.364. The standard InChI is InChI=1S/C11H16N4O2S/c1-15(7-3-5-12)18(16,17)10-8-14-11-9(10)4-2-6-13-11/h2,4,6,8H,3,5,7,12H2,1H3,(H,13,14). The van der Waals surface area contributed by atoms with Gasteiger partial charge in [0.2, 0.25) is 10.0 Å². The molecule has 0 aliphatic rings. The predicted octanol–water partition coefficient (Wildman–Crippen LogP) is 0.532. The Morgan fingerprint density at radius 1 is 1.50 bits per heavy atom. The number of nitrogens with zero attached hydrogens (tertiary/aromatic N) is 2. The fourth-order valence-corrected chi connectivity index (χ4v) is 3.10. The van der Waals surface area contributed by atoms with E-state index in [1.807, 2.05) is 0 Å². The first-order valence-corrected chi connectivity index (χ1v) is 7.10. The van der Waals surface area contributed by atoms with E-state index >= 15 is 0 Å². The van der Waals surface area contributed by atoms with E-state index in [9.17, 15) is 8.42 Å². The van der Waals surface area contributed by atoms with E-state index < -0.39 is 10.0 Å². The van der Waals surface area contributed by atoms with Crippen LogP contribution in [0.5, 0.6) is 0 Å². The average molecular weight is 268 g/mol.